The summed E-state index contributed by atoms with van der Waals surface area (Å²) in [7, 11) is 0. The zero-order valence-electron chi connectivity index (χ0n) is 29.8. The number of hydrogen-bond donors (Lipinski definition) is 1. The average molecular weight is 704 g/mol. The van der Waals surface area contributed by atoms with Crippen LogP contribution in [0.15, 0.2) is 194 Å². The second-order valence-electron chi connectivity index (χ2n) is 13.8. The second-order valence-corrected chi connectivity index (χ2v) is 13.8. The first kappa shape index (κ1) is 32.2. The number of fused-ring (bicyclic) bond motifs is 4. The molecular formula is C51H33N3O. The second kappa shape index (κ2) is 13.5. The fraction of sp³-hybridized carbons (Fsp3) is 0. The predicted molar refractivity (Wildman–Crippen MR) is 227 cm³/mol. The van der Waals surface area contributed by atoms with Crippen molar-refractivity contribution in [2.75, 3.05) is 0 Å². The molecule has 0 radical (unpaired) electrons. The lowest BCUT2D eigenvalue weighted by molar-refractivity contribution is 0.477. The number of benzene rings is 9. The van der Waals surface area contributed by atoms with Gasteiger partial charge in [-0.1, -0.05) is 170 Å². The molecule has 9 aromatic carbocycles. The number of aromatic nitrogens is 3. The maximum Gasteiger partial charge on any atom is 0.164 e. The van der Waals surface area contributed by atoms with Gasteiger partial charge in [0.2, 0.25) is 0 Å². The highest BCUT2D eigenvalue weighted by Crippen LogP contribution is 2.43. The molecule has 1 aromatic heterocycles. The Labute approximate surface area is 318 Å². The van der Waals surface area contributed by atoms with Gasteiger partial charge in [0, 0.05) is 22.3 Å². The molecule has 0 fully saturated rings. The maximum atomic E-state index is 11.7. The third kappa shape index (κ3) is 5.96. The number of phenols is 1. The first-order chi connectivity index (χ1) is 27.2. The Morgan fingerprint density at radius 3 is 1.65 bits per heavy atom. The number of rotatable bonds is 6. The van der Waals surface area contributed by atoms with E-state index in [1.165, 1.54) is 27.3 Å². The van der Waals surface area contributed by atoms with Crippen LogP contribution in [0.1, 0.15) is 0 Å². The molecule has 4 heteroatoms. The smallest absolute Gasteiger partial charge is 0.164 e. The van der Waals surface area contributed by atoms with Gasteiger partial charge in [-0.15, -0.1) is 0 Å². The Morgan fingerprint density at radius 2 is 0.836 bits per heavy atom. The third-order valence-corrected chi connectivity index (χ3v) is 10.4. The van der Waals surface area contributed by atoms with Gasteiger partial charge in [0.05, 0.1) is 0 Å². The summed E-state index contributed by atoms with van der Waals surface area (Å²) in [5.74, 6) is 1.75. The summed E-state index contributed by atoms with van der Waals surface area (Å²) in [6, 6.07) is 66.5. The van der Waals surface area contributed by atoms with Gasteiger partial charge < -0.3 is 5.11 Å². The van der Waals surface area contributed by atoms with Crippen molar-refractivity contribution in [3.63, 3.8) is 0 Å². The fourth-order valence-electron chi connectivity index (χ4n) is 7.68. The fourth-order valence-corrected chi connectivity index (χ4v) is 7.68. The van der Waals surface area contributed by atoms with Crippen molar-refractivity contribution in [2.24, 2.45) is 0 Å². The van der Waals surface area contributed by atoms with E-state index in [4.69, 9.17) is 15.0 Å². The molecule has 0 spiro atoms. The molecule has 55 heavy (non-hydrogen) atoms. The van der Waals surface area contributed by atoms with Gasteiger partial charge in [-0.05, 0) is 84.4 Å². The molecule has 0 saturated carbocycles. The van der Waals surface area contributed by atoms with Crippen molar-refractivity contribution in [1.29, 1.82) is 0 Å². The SMILES string of the molecule is Oc1cccc(-c2nc(-c3ccccc3)nc(-c3ccc4c(ccc5ccccc54)c3)n2)c1-c1ccccc1-c1ccc2ccc(-c3ccccc3)cc2c1. The zero-order valence-corrected chi connectivity index (χ0v) is 29.8. The lowest BCUT2D eigenvalue weighted by Gasteiger charge is -2.17. The molecule has 0 unspecified atom stereocenters. The van der Waals surface area contributed by atoms with Crippen LogP contribution < -0.4 is 0 Å². The van der Waals surface area contributed by atoms with Crippen molar-refractivity contribution in [3.05, 3.63) is 194 Å². The summed E-state index contributed by atoms with van der Waals surface area (Å²) in [4.78, 5) is 15.3. The normalized spacial score (nSPS) is 11.3. The molecule has 0 aliphatic carbocycles. The number of nitrogens with zero attached hydrogens (tertiary/aromatic N) is 3. The van der Waals surface area contributed by atoms with Crippen molar-refractivity contribution in [2.45, 2.75) is 0 Å². The molecule has 258 valence electrons. The molecule has 10 rings (SSSR count). The van der Waals surface area contributed by atoms with Gasteiger partial charge >= 0.3 is 0 Å². The molecule has 0 saturated heterocycles. The van der Waals surface area contributed by atoms with Crippen molar-refractivity contribution in [3.8, 4) is 73.3 Å². The minimum absolute atomic E-state index is 0.151. The minimum atomic E-state index is 0.151. The molecule has 0 bridgehead atoms. The largest absolute Gasteiger partial charge is 0.507 e. The molecular weight excluding hydrogens is 671 g/mol. The van der Waals surface area contributed by atoms with E-state index in [9.17, 15) is 5.11 Å². The first-order valence-electron chi connectivity index (χ1n) is 18.4. The van der Waals surface area contributed by atoms with E-state index in [2.05, 4.69) is 127 Å². The highest BCUT2D eigenvalue weighted by atomic mass is 16.3. The van der Waals surface area contributed by atoms with Crippen LogP contribution in [0.25, 0.3) is 99.9 Å². The lowest BCUT2D eigenvalue weighted by atomic mass is 9.89. The van der Waals surface area contributed by atoms with Crippen LogP contribution in [0.5, 0.6) is 5.75 Å². The van der Waals surface area contributed by atoms with Gasteiger partial charge in [0.1, 0.15) is 5.75 Å². The van der Waals surface area contributed by atoms with Crippen LogP contribution in [-0.4, -0.2) is 20.1 Å². The van der Waals surface area contributed by atoms with Crippen molar-refractivity contribution < 1.29 is 5.11 Å². The Morgan fingerprint density at radius 1 is 0.291 bits per heavy atom. The Bertz CT molecular complexity index is 3050. The van der Waals surface area contributed by atoms with Crippen molar-refractivity contribution in [1.82, 2.24) is 15.0 Å². The van der Waals surface area contributed by atoms with E-state index in [0.29, 0.717) is 28.6 Å². The van der Waals surface area contributed by atoms with Gasteiger partial charge in [-0.3, -0.25) is 0 Å². The van der Waals surface area contributed by atoms with Crippen LogP contribution in [0.4, 0.5) is 0 Å². The van der Waals surface area contributed by atoms with Crippen LogP contribution in [0.2, 0.25) is 0 Å². The van der Waals surface area contributed by atoms with E-state index in [1.807, 2.05) is 60.7 Å². The van der Waals surface area contributed by atoms with Gasteiger partial charge in [0.25, 0.3) is 0 Å². The third-order valence-electron chi connectivity index (χ3n) is 10.4. The summed E-state index contributed by atoms with van der Waals surface area (Å²) in [5, 5.41) is 18.7. The van der Waals surface area contributed by atoms with E-state index >= 15 is 0 Å². The summed E-state index contributed by atoms with van der Waals surface area (Å²) in [6.07, 6.45) is 0. The van der Waals surface area contributed by atoms with Crippen LogP contribution in [0, 0.1) is 0 Å². The van der Waals surface area contributed by atoms with E-state index < -0.39 is 0 Å². The molecule has 0 aliphatic rings. The van der Waals surface area contributed by atoms with E-state index in [-0.39, 0.29) is 5.75 Å². The molecule has 10 aromatic rings. The topological polar surface area (TPSA) is 58.9 Å². The molecule has 4 nitrogen and oxygen atoms in total. The Hall–Kier alpha value is -7.43. The van der Waals surface area contributed by atoms with E-state index in [1.54, 1.807) is 6.07 Å². The van der Waals surface area contributed by atoms with Crippen LogP contribution in [-0.2, 0) is 0 Å². The maximum absolute atomic E-state index is 11.7. The molecule has 1 heterocycles. The van der Waals surface area contributed by atoms with Gasteiger partial charge in [-0.25, -0.2) is 15.0 Å². The average Bonchev–Trinajstić information content (AvgIpc) is 3.26. The quantitative estimate of drug-likeness (QED) is 0.175. The monoisotopic (exact) mass is 703 g/mol. The lowest BCUT2D eigenvalue weighted by Crippen LogP contribution is -2.01. The van der Waals surface area contributed by atoms with Crippen LogP contribution in [0.3, 0.4) is 0 Å². The van der Waals surface area contributed by atoms with Gasteiger partial charge in [-0.2, -0.15) is 0 Å². The highest BCUT2D eigenvalue weighted by molar-refractivity contribution is 6.08. The summed E-state index contributed by atoms with van der Waals surface area (Å²) in [6.45, 7) is 0. The van der Waals surface area contributed by atoms with Gasteiger partial charge in [0.15, 0.2) is 17.5 Å². The number of hydrogen-bond acceptors (Lipinski definition) is 4. The van der Waals surface area contributed by atoms with Crippen LogP contribution >= 0.6 is 0 Å². The number of phenolic OH excluding ortho intramolecular Hbond substituents is 1. The van der Waals surface area contributed by atoms with Crippen molar-refractivity contribution >= 4 is 32.3 Å². The summed E-state index contributed by atoms with van der Waals surface area (Å²) < 4.78 is 0. The summed E-state index contributed by atoms with van der Waals surface area (Å²) >= 11 is 0. The number of aromatic hydroxyl groups is 1. The molecule has 0 aliphatic heterocycles. The zero-order chi connectivity index (χ0) is 36.7. The predicted octanol–water partition coefficient (Wildman–Crippen LogP) is 13.0. The summed E-state index contributed by atoms with van der Waals surface area (Å²) in [5.41, 5.74) is 8.42. The van der Waals surface area contributed by atoms with E-state index in [0.717, 1.165) is 44.0 Å². The Balaban J connectivity index is 1.14. The molecule has 0 amide bonds. The minimum Gasteiger partial charge on any atom is -0.507 e. The first-order valence-corrected chi connectivity index (χ1v) is 18.4. The molecule has 0 atom stereocenters. The highest BCUT2D eigenvalue weighted by Gasteiger charge is 2.21. The standard InChI is InChI=1S/C51H33N3O/c55-47-21-11-20-46(48(47)45-19-10-9-18-43(45)39-26-23-34-22-25-37(30-41(34)32-39)33-12-3-1-4-13-33)51-53-49(36-15-5-2-6-16-36)52-50(54-51)40-28-29-44-38(31-40)27-24-35-14-7-8-17-42(35)44/h1-32,55H. The molecule has 1 N–H and O–H groups in total. The Kier molecular flexibility index (Phi) is 7.93.